The Labute approximate surface area is 159 Å². The van der Waals surface area contributed by atoms with Gasteiger partial charge < -0.3 is 9.47 Å². The monoisotopic (exact) mass is 354 g/mol. The molecule has 142 valence electrons. The fraction of sp³-hybridized carbons (Fsp3) is 0.500. The molecular formula is C24H34O2. The molecule has 2 rings (SSSR count). The van der Waals surface area contributed by atoms with Crippen molar-refractivity contribution in [2.75, 3.05) is 13.2 Å². The second-order valence-electron chi connectivity index (χ2n) is 6.73. The first kappa shape index (κ1) is 20.7. The summed E-state index contributed by atoms with van der Waals surface area (Å²) >= 11 is 0. The Kier molecular flexibility index (Phi) is 9.44. The number of hydrogen-bond donors (Lipinski definition) is 0. The first-order valence-electron chi connectivity index (χ1n) is 10.2. The summed E-state index contributed by atoms with van der Waals surface area (Å²) < 4.78 is 11.3. The van der Waals surface area contributed by atoms with Crippen LogP contribution in [0, 0.1) is 0 Å². The van der Waals surface area contributed by atoms with E-state index in [4.69, 9.17) is 9.47 Å². The smallest absolute Gasteiger partial charge is 0.183 e. The van der Waals surface area contributed by atoms with Crippen LogP contribution in [0.4, 0.5) is 0 Å². The highest BCUT2D eigenvalue weighted by atomic mass is 16.7. The van der Waals surface area contributed by atoms with Gasteiger partial charge in [0.2, 0.25) is 0 Å². The van der Waals surface area contributed by atoms with Crippen molar-refractivity contribution in [2.45, 2.75) is 65.6 Å². The van der Waals surface area contributed by atoms with Crippen molar-refractivity contribution in [3.63, 3.8) is 0 Å². The lowest BCUT2D eigenvalue weighted by atomic mass is 10.00. The molecule has 0 spiro atoms. The predicted octanol–water partition coefficient (Wildman–Crippen LogP) is 6.94. The molecule has 0 unspecified atom stereocenters. The molecule has 0 saturated carbocycles. The second-order valence-corrected chi connectivity index (χ2v) is 6.73. The number of hydrogen-bond acceptors (Lipinski definition) is 2. The van der Waals surface area contributed by atoms with Gasteiger partial charge in [-0.2, -0.15) is 0 Å². The number of unbranched alkanes of at least 4 members (excludes halogenated alkanes) is 4. The van der Waals surface area contributed by atoms with E-state index in [-0.39, 0.29) is 6.29 Å². The van der Waals surface area contributed by atoms with Crippen molar-refractivity contribution in [1.82, 2.24) is 0 Å². The van der Waals surface area contributed by atoms with E-state index < -0.39 is 0 Å². The van der Waals surface area contributed by atoms with E-state index in [0.717, 1.165) is 5.56 Å². The van der Waals surface area contributed by atoms with E-state index in [1.165, 1.54) is 55.2 Å². The van der Waals surface area contributed by atoms with Gasteiger partial charge in [0, 0.05) is 18.8 Å². The molecule has 26 heavy (non-hydrogen) atoms. The molecule has 0 bridgehead atoms. The van der Waals surface area contributed by atoms with Crippen LogP contribution in [0.3, 0.4) is 0 Å². The molecule has 0 fully saturated rings. The quantitative estimate of drug-likeness (QED) is 0.304. The van der Waals surface area contributed by atoms with Gasteiger partial charge in [0.05, 0.1) is 0 Å². The lowest BCUT2D eigenvalue weighted by molar-refractivity contribution is -0.140. The van der Waals surface area contributed by atoms with E-state index >= 15 is 0 Å². The zero-order valence-corrected chi connectivity index (χ0v) is 16.7. The van der Waals surface area contributed by atoms with Crippen LogP contribution in [0.2, 0.25) is 0 Å². The van der Waals surface area contributed by atoms with Crippen LogP contribution in [0.25, 0.3) is 11.1 Å². The fourth-order valence-electron chi connectivity index (χ4n) is 3.17. The van der Waals surface area contributed by atoms with Crippen LogP contribution in [0.5, 0.6) is 0 Å². The maximum atomic E-state index is 5.67. The van der Waals surface area contributed by atoms with Crippen molar-refractivity contribution in [3.8, 4) is 11.1 Å². The summed E-state index contributed by atoms with van der Waals surface area (Å²) in [6.45, 7) is 7.54. The summed E-state index contributed by atoms with van der Waals surface area (Å²) in [5, 5.41) is 0. The first-order chi connectivity index (χ1) is 12.8. The average molecular weight is 355 g/mol. The molecule has 0 aliphatic heterocycles. The molecule has 0 N–H and O–H groups in total. The Hall–Kier alpha value is -1.64. The van der Waals surface area contributed by atoms with Gasteiger partial charge in [-0.3, -0.25) is 0 Å². The summed E-state index contributed by atoms with van der Waals surface area (Å²) in [5.74, 6) is 0. The predicted molar refractivity (Wildman–Crippen MR) is 110 cm³/mol. The molecular weight excluding hydrogens is 320 g/mol. The summed E-state index contributed by atoms with van der Waals surface area (Å²) in [6, 6.07) is 17.5. The Morgan fingerprint density at radius 2 is 1.19 bits per heavy atom. The minimum absolute atomic E-state index is 0.269. The van der Waals surface area contributed by atoms with Crippen LogP contribution >= 0.6 is 0 Å². The number of ether oxygens (including phenoxy) is 2. The van der Waals surface area contributed by atoms with Gasteiger partial charge in [-0.25, -0.2) is 0 Å². The van der Waals surface area contributed by atoms with E-state index in [9.17, 15) is 0 Å². The van der Waals surface area contributed by atoms with Gasteiger partial charge in [-0.15, -0.1) is 0 Å². The Bertz CT molecular complexity index is 595. The lowest BCUT2D eigenvalue weighted by Crippen LogP contribution is -2.08. The summed E-state index contributed by atoms with van der Waals surface area (Å²) in [4.78, 5) is 0. The molecule has 2 nitrogen and oxygen atoms in total. The number of rotatable bonds is 12. The minimum Gasteiger partial charge on any atom is -0.349 e. The highest BCUT2D eigenvalue weighted by Crippen LogP contribution is 2.25. The zero-order chi connectivity index (χ0) is 18.6. The van der Waals surface area contributed by atoms with Crippen molar-refractivity contribution in [3.05, 3.63) is 59.7 Å². The Balaban J connectivity index is 1.93. The second kappa shape index (κ2) is 11.9. The van der Waals surface area contributed by atoms with Gasteiger partial charge in [-0.05, 0) is 43.4 Å². The molecule has 2 aromatic rings. The molecule has 0 aliphatic rings. The van der Waals surface area contributed by atoms with Gasteiger partial charge in [0.1, 0.15) is 0 Å². The molecule has 0 heterocycles. The van der Waals surface area contributed by atoms with E-state index in [0.29, 0.717) is 13.2 Å². The third kappa shape index (κ3) is 6.59. The Morgan fingerprint density at radius 1 is 0.654 bits per heavy atom. The molecule has 0 amide bonds. The van der Waals surface area contributed by atoms with Crippen LogP contribution in [-0.4, -0.2) is 13.2 Å². The van der Waals surface area contributed by atoms with Crippen LogP contribution in [0.1, 0.15) is 70.3 Å². The van der Waals surface area contributed by atoms with E-state index in [1.807, 2.05) is 13.8 Å². The fourth-order valence-corrected chi connectivity index (χ4v) is 3.17. The minimum atomic E-state index is -0.269. The lowest BCUT2D eigenvalue weighted by Gasteiger charge is -2.17. The topological polar surface area (TPSA) is 18.5 Å². The third-order valence-electron chi connectivity index (χ3n) is 4.68. The molecule has 2 aromatic carbocycles. The molecule has 0 radical (unpaired) electrons. The van der Waals surface area contributed by atoms with E-state index in [1.54, 1.807) is 0 Å². The van der Waals surface area contributed by atoms with Crippen LogP contribution in [-0.2, 0) is 15.9 Å². The molecule has 0 atom stereocenters. The average Bonchev–Trinajstić information content (AvgIpc) is 2.68. The largest absolute Gasteiger partial charge is 0.349 e. The number of aryl methyl sites for hydroxylation is 1. The van der Waals surface area contributed by atoms with Gasteiger partial charge in [0.25, 0.3) is 0 Å². The summed E-state index contributed by atoms with van der Waals surface area (Å²) in [6.07, 6.45) is 7.60. The third-order valence-corrected chi connectivity index (χ3v) is 4.68. The first-order valence-corrected chi connectivity index (χ1v) is 10.2. The highest BCUT2D eigenvalue weighted by Gasteiger charge is 2.11. The van der Waals surface area contributed by atoms with E-state index in [2.05, 4.69) is 55.5 Å². The van der Waals surface area contributed by atoms with Crippen molar-refractivity contribution in [1.29, 1.82) is 0 Å². The summed E-state index contributed by atoms with van der Waals surface area (Å²) in [7, 11) is 0. The maximum Gasteiger partial charge on any atom is 0.183 e. The molecule has 0 aromatic heterocycles. The van der Waals surface area contributed by atoms with Gasteiger partial charge in [-0.1, -0.05) is 81.1 Å². The van der Waals surface area contributed by atoms with Crippen LogP contribution in [0.15, 0.2) is 48.5 Å². The highest BCUT2D eigenvalue weighted by molar-refractivity contribution is 5.64. The standard InChI is InChI=1S/C24H34O2/c1-4-7-8-9-10-11-20-12-14-21(15-13-20)22-16-18-23(19-17-22)24(25-5-2)26-6-3/h12-19,24H,4-11H2,1-3H3. The molecule has 0 saturated heterocycles. The SMILES string of the molecule is CCCCCCCc1ccc(-c2ccc(C(OCC)OCC)cc2)cc1. The normalized spacial score (nSPS) is 11.2. The zero-order valence-electron chi connectivity index (χ0n) is 16.7. The summed E-state index contributed by atoms with van der Waals surface area (Å²) in [5.41, 5.74) is 5.00. The Morgan fingerprint density at radius 3 is 1.73 bits per heavy atom. The van der Waals surface area contributed by atoms with Crippen LogP contribution < -0.4 is 0 Å². The van der Waals surface area contributed by atoms with Gasteiger partial charge in [0.15, 0.2) is 6.29 Å². The molecule has 0 aliphatic carbocycles. The van der Waals surface area contributed by atoms with Crippen molar-refractivity contribution in [2.24, 2.45) is 0 Å². The van der Waals surface area contributed by atoms with Gasteiger partial charge >= 0.3 is 0 Å². The van der Waals surface area contributed by atoms with Crippen molar-refractivity contribution < 1.29 is 9.47 Å². The number of benzene rings is 2. The molecule has 2 heteroatoms. The van der Waals surface area contributed by atoms with Crippen molar-refractivity contribution >= 4 is 0 Å². The maximum absolute atomic E-state index is 5.67.